The molecule has 5 heteroatoms. The number of hydrogen-bond acceptors (Lipinski definition) is 3. The average Bonchev–Trinajstić information content (AvgIpc) is 3.14. The molecule has 29 heavy (non-hydrogen) atoms. The minimum absolute atomic E-state index is 0.0835. The Balaban J connectivity index is 1.40. The van der Waals surface area contributed by atoms with Crippen molar-refractivity contribution in [3.63, 3.8) is 0 Å². The number of piperazine rings is 1. The van der Waals surface area contributed by atoms with Gasteiger partial charge < -0.3 is 14.7 Å². The Hall–Kier alpha value is -2.82. The van der Waals surface area contributed by atoms with E-state index in [-0.39, 0.29) is 11.8 Å². The molecule has 0 aromatic heterocycles. The van der Waals surface area contributed by atoms with Crippen LogP contribution in [0, 0.1) is 13.8 Å². The summed E-state index contributed by atoms with van der Waals surface area (Å²) >= 11 is 0. The lowest BCUT2D eigenvalue weighted by molar-refractivity contribution is -0.128. The second-order valence-electron chi connectivity index (χ2n) is 8.12. The zero-order valence-electron chi connectivity index (χ0n) is 17.4. The highest BCUT2D eigenvalue weighted by atomic mass is 16.2. The van der Waals surface area contributed by atoms with Gasteiger partial charge >= 0.3 is 0 Å². The first-order chi connectivity index (χ1) is 14.0. The van der Waals surface area contributed by atoms with Crippen molar-refractivity contribution in [3.8, 4) is 0 Å². The molecular formula is C24H29N3O2. The molecule has 2 aliphatic heterocycles. The Bertz CT molecular complexity index is 916. The fourth-order valence-electron chi connectivity index (χ4n) is 4.31. The van der Waals surface area contributed by atoms with Crippen LogP contribution in [0.15, 0.2) is 42.5 Å². The smallest absolute Gasteiger partial charge is 0.253 e. The van der Waals surface area contributed by atoms with Crippen LogP contribution in [0.4, 0.5) is 5.69 Å². The molecule has 0 atom stereocenters. The van der Waals surface area contributed by atoms with Gasteiger partial charge in [0.25, 0.3) is 5.91 Å². The predicted molar refractivity (Wildman–Crippen MR) is 115 cm³/mol. The highest BCUT2D eigenvalue weighted by Gasteiger charge is 2.24. The number of rotatable bonds is 4. The first-order valence-corrected chi connectivity index (χ1v) is 10.5. The Labute approximate surface area is 172 Å². The Kier molecular flexibility index (Phi) is 5.56. The molecule has 5 nitrogen and oxygen atoms in total. The first kappa shape index (κ1) is 19.5. The van der Waals surface area contributed by atoms with Gasteiger partial charge in [-0.1, -0.05) is 24.3 Å². The minimum atomic E-state index is 0.0835. The van der Waals surface area contributed by atoms with Crippen molar-refractivity contribution in [2.24, 2.45) is 0 Å². The van der Waals surface area contributed by atoms with Gasteiger partial charge in [-0.25, -0.2) is 0 Å². The molecule has 2 amide bonds. The van der Waals surface area contributed by atoms with E-state index in [0.717, 1.165) is 44.7 Å². The zero-order chi connectivity index (χ0) is 20.4. The summed E-state index contributed by atoms with van der Waals surface area (Å²) in [6.45, 7) is 8.86. The van der Waals surface area contributed by atoms with E-state index >= 15 is 0 Å². The predicted octanol–water partition coefficient (Wildman–Crippen LogP) is 3.39. The first-order valence-electron chi connectivity index (χ1n) is 10.5. The molecule has 0 radical (unpaired) electrons. The van der Waals surface area contributed by atoms with E-state index in [1.807, 2.05) is 34.1 Å². The molecule has 2 aromatic rings. The van der Waals surface area contributed by atoms with Crippen LogP contribution in [-0.2, 0) is 11.3 Å². The summed E-state index contributed by atoms with van der Waals surface area (Å²) in [5.74, 6) is 0.296. The maximum absolute atomic E-state index is 13.0. The van der Waals surface area contributed by atoms with Crippen LogP contribution in [-0.4, -0.2) is 54.3 Å². The number of amides is 2. The number of carbonyl (C=O) groups excluding carboxylic acids is 2. The van der Waals surface area contributed by atoms with Gasteiger partial charge in [-0.3, -0.25) is 9.59 Å². The normalized spacial score (nSPS) is 17.2. The van der Waals surface area contributed by atoms with E-state index in [9.17, 15) is 9.59 Å². The maximum Gasteiger partial charge on any atom is 0.253 e. The summed E-state index contributed by atoms with van der Waals surface area (Å²) in [4.78, 5) is 31.1. The van der Waals surface area contributed by atoms with E-state index < -0.39 is 0 Å². The summed E-state index contributed by atoms with van der Waals surface area (Å²) in [6, 6.07) is 14.2. The largest absolute Gasteiger partial charge is 0.368 e. The molecule has 0 aliphatic carbocycles. The monoisotopic (exact) mass is 391 g/mol. The molecule has 2 fully saturated rings. The van der Waals surface area contributed by atoms with Crippen molar-refractivity contribution in [2.45, 2.75) is 33.2 Å². The van der Waals surface area contributed by atoms with Crippen LogP contribution in [0.3, 0.4) is 0 Å². The van der Waals surface area contributed by atoms with Crippen LogP contribution in [0.5, 0.6) is 0 Å². The Morgan fingerprint density at radius 2 is 1.72 bits per heavy atom. The highest BCUT2D eigenvalue weighted by Crippen LogP contribution is 2.24. The van der Waals surface area contributed by atoms with E-state index in [4.69, 9.17) is 0 Å². The number of anilines is 1. The van der Waals surface area contributed by atoms with Crippen LogP contribution < -0.4 is 4.90 Å². The van der Waals surface area contributed by atoms with Gasteiger partial charge in [0.1, 0.15) is 0 Å². The lowest BCUT2D eigenvalue weighted by Crippen LogP contribution is -2.49. The topological polar surface area (TPSA) is 43.9 Å². The number of benzene rings is 2. The SMILES string of the molecule is Cc1cccc(N2CCN(C(=O)c3cccc(CN4CCCC4=O)c3)CC2)c1C. The molecule has 0 saturated carbocycles. The summed E-state index contributed by atoms with van der Waals surface area (Å²) < 4.78 is 0. The number of aryl methyl sites for hydroxylation is 1. The molecule has 2 saturated heterocycles. The fraction of sp³-hybridized carbons (Fsp3) is 0.417. The molecule has 0 spiro atoms. The number of nitrogens with zero attached hydrogens (tertiary/aromatic N) is 3. The van der Waals surface area contributed by atoms with Crippen molar-refractivity contribution in [1.82, 2.24) is 9.80 Å². The van der Waals surface area contributed by atoms with Gasteiger partial charge in [-0.05, 0) is 55.2 Å². The highest BCUT2D eigenvalue weighted by molar-refractivity contribution is 5.94. The lowest BCUT2D eigenvalue weighted by atomic mass is 10.1. The standard InChI is InChI=1S/C24H29N3O2/c1-18-6-3-9-22(19(18)2)25-12-14-26(15-13-25)24(29)21-8-4-7-20(16-21)17-27-11-5-10-23(27)28/h3-4,6-9,16H,5,10-15,17H2,1-2H3. The fourth-order valence-corrected chi connectivity index (χ4v) is 4.31. The summed E-state index contributed by atoms with van der Waals surface area (Å²) in [5, 5.41) is 0. The van der Waals surface area contributed by atoms with Crippen molar-refractivity contribution in [1.29, 1.82) is 0 Å². The third kappa shape index (κ3) is 4.14. The Morgan fingerprint density at radius 1 is 0.966 bits per heavy atom. The second-order valence-corrected chi connectivity index (χ2v) is 8.12. The van der Waals surface area contributed by atoms with Crippen LogP contribution in [0.25, 0.3) is 0 Å². The average molecular weight is 392 g/mol. The molecular weight excluding hydrogens is 362 g/mol. The van der Waals surface area contributed by atoms with Gasteiger partial charge in [0.05, 0.1) is 0 Å². The van der Waals surface area contributed by atoms with Crippen LogP contribution in [0.2, 0.25) is 0 Å². The minimum Gasteiger partial charge on any atom is -0.368 e. The molecule has 0 bridgehead atoms. The van der Waals surface area contributed by atoms with Crippen molar-refractivity contribution < 1.29 is 9.59 Å². The van der Waals surface area contributed by atoms with Crippen LogP contribution >= 0.6 is 0 Å². The van der Waals surface area contributed by atoms with Gasteiger partial charge in [0.15, 0.2) is 0 Å². The second kappa shape index (κ2) is 8.27. The molecule has 2 heterocycles. The third-order valence-corrected chi connectivity index (χ3v) is 6.20. The summed E-state index contributed by atoms with van der Waals surface area (Å²) in [5.41, 5.74) is 5.63. The van der Waals surface area contributed by atoms with Gasteiger partial charge in [-0.2, -0.15) is 0 Å². The molecule has 152 valence electrons. The van der Waals surface area contributed by atoms with Gasteiger partial charge in [0.2, 0.25) is 5.91 Å². The quantitative estimate of drug-likeness (QED) is 0.803. The van der Waals surface area contributed by atoms with Gasteiger partial charge in [0, 0.05) is 56.9 Å². The number of likely N-dealkylation sites (tertiary alicyclic amines) is 1. The number of carbonyl (C=O) groups is 2. The molecule has 2 aromatic carbocycles. The van der Waals surface area contributed by atoms with E-state index in [1.165, 1.54) is 16.8 Å². The molecule has 4 rings (SSSR count). The molecule has 2 aliphatic rings. The van der Waals surface area contributed by atoms with Crippen molar-refractivity contribution in [3.05, 3.63) is 64.7 Å². The summed E-state index contributed by atoms with van der Waals surface area (Å²) in [7, 11) is 0. The van der Waals surface area contributed by atoms with Crippen molar-refractivity contribution >= 4 is 17.5 Å². The third-order valence-electron chi connectivity index (χ3n) is 6.20. The van der Waals surface area contributed by atoms with Crippen molar-refractivity contribution in [2.75, 3.05) is 37.6 Å². The summed E-state index contributed by atoms with van der Waals surface area (Å²) in [6.07, 6.45) is 1.57. The lowest BCUT2D eigenvalue weighted by Gasteiger charge is -2.37. The van der Waals surface area contributed by atoms with Gasteiger partial charge in [-0.15, -0.1) is 0 Å². The zero-order valence-corrected chi connectivity index (χ0v) is 17.4. The molecule has 0 unspecified atom stereocenters. The number of hydrogen-bond donors (Lipinski definition) is 0. The van der Waals surface area contributed by atoms with E-state index in [0.29, 0.717) is 18.5 Å². The van der Waals surface area contributed by atoms with Crippen LogP contribution in [0.1, 0.15) is 39.9 Å². The van der Waals surface area contributed by atoms with E-state index in [2.05, 4.69) is 36.9 Å². The molecule has 0 N–H and O–H groups in total. The Morgan fingerprint density at radius 3 is 2.45 bits per heavy atom. The maximum atomic E-state index is 13.0. The van der Waals surface area contributed by atoms with E-state index in [1.54, 1.807) is 0 Å².